The molecule has 0 radical (unpaired) electrons. The molecule has 0 fully saturated rings. The molecule has 172 valence electrons. The first-order valence-corrected chi connectivity index (χ1v) is 11.4. The SMILES string of the molecule is CCCCCCOc1c(O)ccc(CC)c1CC.COc1ccccc1-c1ccnnn1. The van der Waals surface area contributed by atoms with E-state index in [4.69, 9.17) is 9.47 Å². The smallest absolute Gasteiger partial charge is 0.164 e. The molecular weight excluding hydrogens is 402 g/mol. The summed E-state index contributed by atoms with van der Waals surface area (Å²) in [7, 11) is 1.63. The molecule has 1 heterocycles. The minimum absolute atomic E-state index is 0.277. The minimum Gasteiger partial charge on any atom is -0.504 e. The highest BCUT2D eigenvalue weighted by Crippen LogP contribution is 2.33. The molecule has 3 rings (SSSR count). The van der Waals surface area contributed by atoms with Crippen molar-refractivity contribution >= 4 is 0 Å². The maximum Gasteiger partial charge on any atom is 0.164 e. The number of ether oxygens (including phenoxy) is 2. The summed E-state index contributed by atoms with van der Waals surface area (Å²) in [6.07, 6.45) is 8.24. The number of aromatic hydroxyl groups is 1. The first-order chi connectivity index (χ1) is 15.7. The molecule has 6 nitrogen and oxygen atoms in total. The second-order valence-corrected chi connectivity index (χ2v) is 7.37. The molecule has 0 saturated heterocycles. The Morgan fingerprint density at radius 1 is 0.906 bits per heavy atom. The number of rotatable bonds is 10. The lowest BCUT2D eigenvalue weighted by Gasteiger charge is -2.15. The van der Waals surface area contributed by atoms with E-state index in [1.807, 2.05) is 30.3 Å². The van der Waals surface area contributed by atoms with Crippen LogP contribution in [0.3, 0.4) is 0 Å². The van der Waals surface area contributed by atoms with Gasteiger partial charge in [0.25, 0.3) is 0 Å². The normalized spacial score (nSPS) is 10.2. The van der Waals surface area contributed by atoms with Gasteiger partial charge in [0.1, 0.15) is 11.4 Å². The van der Waals surface area contributed by atoms with Crippen molar-refractivity contribution in [3.05, 3.63) is 59.8 Å². The van der Waals surface area contributed by atoms with Gasteiger partial charge in [-0.05, 0) is 54.3 Å². The van der Waals surface area contributed by atoms with Gasteiger partial charge in [-0.15, -0.1) is 10.2 Å². The van der Waals surface area contributed by atoms with Crippen LogP contribution < -0.4 is 9.47 Å². The molecule has 3 aromatic rings. The Morgan fingerprint density at radius 2 is 1.72 bits per heavy atom. The van der Waals surface area contributed by atoms with Gasteiger partial charge in [-0.3, -0.25) is 0 Å². The molecule has 0 unspecified atom stereocenters. The van der Waals surface area contributed by atoms with Crippen LogP contribution in [0.25, 0.3) is 11.3 Å². The van der Waals surface area contributed by atoms with E-state index in [0.717, 1.165) is 41.8 Å². The molecule has 0 atom stereocenters. The average molecular weight is 438 g/mol. The minimum atomic E-state index is 0.277. The maximum atomic E-state index is 9.92. The predicted octanol–water partition coefficient (Wildman–Crippen LogP) is 6.02. The summed E-state index contributed by atoms with van der Waals surface area (Å²) in [5, 5.41) is 21.0. The zero-order valence-electron chi connectivity index (χ0n) is 19.7. The van der Waals surface area contributed by atoms with Gasteiger partial charge in [0, 0.05) is 11.1 Å². The van der Waals surface area contributed by atoms with E-state index in [0.29, 0.717) is 12.4 Å². The molecule has 0 aliphatic rings. The topological polar surface area (TPSA) is 77.4 Å². The van der Waals surface area contributed by atoms with Crippen molar-refractivity contribution in [2.45, 2.75) is 59.3 Å². The number of para-hydroxylation sites is 1. The molecule has 0 bridgehead atoms. The van der Waals surface area contributed by atoms with Crippen LogP contribution in [-0.2, 0) is 12.8 Å². The number of nitrogens with zero attached hydrogens (tertiary/aromatic N) is 3. The van der Waals surface area contributed by atoms with E-state index in [1.165, 1.54) is 24.8 Å². The number of phenols is 1. The fourth-order valence-corrected chi connectivity index (χ4v) is 3.48. The largest absolute Gasteiger partial charge is 0.504 e. The number of hydrogen-bond donors (Lipinski definition) is 1. The standard InChI is InChI=1S/C16H26O2.C10H9N3O/c1-4-7-8-9-12-18-16-14(6-3)13(5-2)10-11-15(16)17;1-14-10-5-3-2-4-8(10)9-6-7-11-13-12-9/h10-11,17H,4-9,12H2,1-3H3;2-7H,1H3. The fraction of sp³-hybridized carbons (Fsp3) is 0.423. The lowest BCUT2D eigenvalue weighted by molar-refractivity contribution is 0.286. The molecule has 2 aromatic carbocycles. The Morgan fingerprint density at radius 3 is 2.38 bits per heavy atom. The molecule has 6 heteroatoms. The van der Waals surface area contributed by atoms with Crippen LogP contribution >= 0.6 is 0 Å². The van der Waals surface area contributed by atoms with Crippen molar-refractivity contribution in [2.75, 3.05) is 13.7 Å². The molecule has 1 N–H and O–H groups in total. The summed E-state index contributed by atoms with van der Waals surface area (Å²) in [5.41, 5.74) is 4.12. The zero-order chi connectivity index (χ0) is 23.2. The third kappa shape index (κ3) is 7.22. The van der Waals surface area contributed by atoms with Gasteiger partial charge >= 0.3 is 0 Å². The number of phenolic OH excluding ortho intramolecular Hbond substituents is 1. The molecule has 0 aliphatic heterocycles. The van der Waals surface area contributed by atoms with Crippen LogP contribution in [0.1, 0.15) is 57.6 Å². The third-order valence-corrected chi connectivity index (χ3v) is 5.20. The van der Waals surface area contributed by atoms with Crippen LogP contribution in [0.2, 0.25) is 0 Å². The average Bonchev–Trinajstić information content (AvgIpc) is 2.85. The van der Waals surface area contributed by atoms with E-state index in [2.05, 4.69) is 36.2 Å². The number of benzene rings is 2. The van der Waals surface area contributed by atoms with Crippen molar-refractivity contribution < 1.29 is 14.6 Å². The third-order valence-electron chi connectivity index (χ3n) is 5.20. The first kappa shape index (κ1) is 25.1. The number of hydrogen-bond acceptors (Lipinski definition) is 6. The number of aryl methyl sites for hydroxylation is 1. The summed E-state index contributed by atoms with van der Waals surface area (Å²) in [6, 6.07) is 13.2. The van der Waals surface area contributed by atoms with Crippen LogP contribution in [0.15, 0.2) is 48.7 Å². The fourth-order valence-electron chi connectivity index (χ4n) is 3.48. The van der Waals surface area contributed by atoms with E-state index >= 15 is 0 Å². The highest BCUT2D eigenvalue weighted by atomic mass is 16.5. The van der Waals surface area contributed by atoms with Gasteiger partial charge in [0.15, 0.2) is 11.5 Å². The second kappa shape index (κ2) is 14.0. The molecule has 0 spiro atoms. The number of methoxy groups -OCH3 is 1. The Kier molecular flexibility index (Phi) is 11.0. The van der Waals surface area contributed by atoms with E-state index in [-0.39, 0.29) is 5.75 Å². The predicted molar refractivity (Wildman–Crippen MR) is 128 cm³/mol. The quantitative estimate of drug-likeness (QED) is 0.391. The van der Waals surface area contributed by atoms with Crippen molar-refractivity contribution in [3.63, 3.8) is 0 Å². The van der Waals surface area contributed by atoms with Crippen molar-refractivity contribution in [2.24, 2.45) is 0 Å². The maximum absolute atomic E-state index is 9.92. The van der Waals surface area contributed by atoms with Gasteiger partial charge < -0.3 is 14.6 Å². The lowest BCUT2D eigenvalue weighted by atomic mass is 10.0. The van der Waals surface area contributed by atoms with Crippen LogP contribution in [0, 0.1) is 0 Å². The Bertz CT molecular complexity index is 933. The Balaban J connectivity index is 0.000000233. The van der Waals surface area contributed by atoms with Crippen LogP contribution in [-0.4, -0.2) is 34.2 Å². The van der Waals surface area contributed by atoms with Gasteiger partial charge in [-0.25, -0.2) is 0 Å². The van der Waals surface area contributed by atoms with Crippen LogP contribution in [0.4, 0.5) is 0 Å². The molecule has 1 aromatic heterocycles. The van der Waals surface area contributed by atoms with Gasteiger partial charge in [0.2, 0.25) is 0 Å². The van der Waals surface area contributed by atoms with Crippen molar-refractivity contribution in [3.8, 4) is 28.5 Å². The molecule has 0 aliphatic carbocycles. The molecule has 0 amide bonds. The van der Waals surface area contributed by atoms with Crippen molar-refractivity contribution in [1.82, 2.24) is 15.4 Å². The molecular formula is C26H35N3O3. The van der Waals surface area contributed by atoms with Gasteiger partial charge in [-0.2, -0.15) is 0 Å². The monoisotopic (exact) mass is 437 g/mol. The molecule has 0 saturated carbocycles. The summed E-state index contributed by atoms with van der Waals surface area (Å²) in [6.45, 7) is 7.15. The Hall–Kier alpha value is -3.15. The highest BCUT2D eigenvalue weighted by Gasteiger charge is 2.12. The number of aromatic nitrogens is 3. The molecule has 32 heavy (non-hydrogen) atoms. The van der Waals surface area contributed by atoms with E-state index < -0.39 is 0 Å². The van der Waals surface area contributed by atoms with Gasteiger partial charge in [-0.1, -0.05) is 58.2 Å². The van der Waals surface area contributed by atoms with Crippen molar-refractivity contribution in [1.29, 1.82) is 0 Å². The lowest BCUT2D eigenvalue weighted by Crippen LogP contribution is -2.02. The summed E-state index contributed by atoms with van der Waals surface area (Å²) < 4.78 is 11.0. The van der Waals surface area contributed by atoms with E-state index in [1.54, 1.807) is 25.4 Å². The van der Waals surface area contributed by atoms with E-state index in [9.17, 15) is 5.11 Å². The first-order valence-electron chi connectivity index (χ1n) is 11.4. The summed E-state index contributed by atoms with van der Waals surface area (Å²) in [5.74, 6) is 1.76. The summed E-state index contributed by atoms with van der Waals surface area (Å²) >= 11 is 0. The van der Waals surface area contributed by atoms with Gasteiger partial charge in [0.05, 0.1) is 19.9 Å². The zero-order valence-corrected chi connectivity index (χ0v) is 19.7. The second-order valence-electron chi connectivity index (χ2n) is 7.37. The number of unbranched alkanes of at least 4 members (excludes halogenated alkanes) is 3. The highest BCUT2D eigenvalue weighted by molar-refractivity contribution is 5.66. The Labute approximate surface area is 191 Å². The summed E-state index contributed by atoms with van der Waals surface area (Å²) in [4.78, 5) is 0. The van der Waals surface area contributed by atoms with Crippen LogP contribution in [0.5, 0.6) is 17.2 Å².